The van der Waals surface area contributed by atoms with Crippen LogP contribution in [0.1, 0.15) is 22.7 Å². The molecule has 2 N–H and O–H groups in total. The second kappa shape index (κ2) is 2.82. The number of rotatable bonds is 1. The Hall–Kier alpha value is -0.860. The number of benzene rings is 1. The second-order valence-electron chi connectivity index (χ2n) is 3.92. The molecule has 0 aromatic heterocycles. The van der Waals surface area contributed by atoms with E-state index in [1.807, 2.05) is 0 Å². The minimum atomic E-state index is 0.646. The van der Waals surface area contributed by atoms with E-state index in [0.717, 1.165) is 19.6 Å². The van der Waals surface area contributed by atoms with Crippen LogP contribution in [0.5, 0.6) is 0 Å². The van der Waals surface area contributed by atoms with Crippen LogP contribution < -0.4 is 10.6 Å². The fourth-order valence-electron chi connectivity index (χ4n) is 2.01. The van der Waals surface area contributed by atoms with Crippen molar-refractivity contribution in [1.29, 1.82) is 0 Å². The molecule has 0 spiro atoms. The number of nitrogens with one attached hydrogen (secondary N) is 2. The Morgan fingerprint density at radius 2 is 2.15 bits per heavy atom. The summed E-state index contributed by atoms with van der Waals surface area (Å²) in [6.07, 6.45) is 1.19. The molecule has 0 saturated carbocycles. The minimum Gasteiger partial charge on any atom is -0.312 e. The van der Waals surface area contributed by atoms with Gasteiger partial charge >= 0.3 is 0 Å². The Labute approximate surface area is 78.3 Å². The van der Waals surface area contributed by atoms with Crippen molar-refractivity contribution in [1.82, 2.24) is 10.6 Å². The van der Waals surface area contributed by atoms with Crippen LogP contribution in [0, 0.1) is 0 Å². The largest absolute Gasteiger partial charge is 0.312 e. The molecule has 0 radical (unpaired) electrons. The van der Waals surface area contributed by atoms with Crippen LogP contribution in [0.15, 0.2) is 18.2 Å². The van der Waals surface area contributed by atoms with E-state index < -0.39 is 0 Å². The van der Waals surface area contributed by atoms with Gasteiger partial charge in [0.2, 0.25) is 0 Å². The third kappa shape index (κ3) is 1.36. The highest BCUT2D eigenvalue weighted by Gasteiger charge is 2.23. The predicted molar refractivity (Wildman–Crippen MR) is 52.6 cm³/mol. The lowest BCUT2D eigenvalue weighted by Gasteiger charge is -2.17. The summed E-state index contributed by atoms with van der Waals surface area (Å²) < 4.78 is 0. The molecular formula is C11H14N2. The van der Waals surface area contributed by atoms with Crippen LogP contribution in [0.2, 0.25) is 0 Å². The van der Waals surface area contributed by atoms with Crippen molar-refractivity contribution in [3.63, 3.8) is 0 Å². The maximum atomic E-state index is 3.41. The molecule has 0 bridgehead atoms. The average Bonchev–Trinajstić information content (AvgIpc) is 3.00. The van der Waals surface area contributed by atoms with Gasteiger partial charge in [0.25, 0.3) is 0 Å². The van der Waals surface area contributed by atoms with E-state index in [-0.39, 0.29) is 0 Å². The van der Waals surface area contributed by atoms with Crippen molar-refractivity contribution in [2.24, 2.45) is 0 Å². The monoisotopic (exact) mass is 174 g/mol. The van der Waals surface area contributed by atoms with Gasteiger partial charge in [-0.1, -0.05) is 18.2 Å². The first-order valence-electron chi connectivity index (χ1n) is 4.99. The van der Waals surface area contributed by atoms with Crippen LogP contribution in [0.25, 0.3) is 0 Å². The van der Waals surface area contributed by atoms with Gasteiger partial charge in [0.1, 0.15) is 0 Å². The smallest absolute Gasteiger partial charge is 0.0447 e. The van der Waals surface area contributed by atoms with Crippen LogP contribution in [0.4, 0.5) is 0 Å². The summed E-state index contributed by atoms with van der Waals surface area (Å²) in [4.78, 5) is 0. The van der Waals surface area contributed by atoms with Gasteiger partial charge in [0.05, 0.1) is 0 Å². The predicted octanol–water partition coefficient (Wildman–Crippen LogP) is 0.977. The zero-order valence-corrected chi connectivity index (χ0v) is 7.64. The molecule has 1 saturated heterocycles. The molecule has 1 aromatic rings. The lowest BCUT2D eigenvalue weighted by molar-refractivity contribution is 0.642. The molecule has 1 atom stereocenters. The molecule has 3 rings (SSSR count). The highest BCUT2D eigenvalue weighted by atomic mass is 15.1. The summed E-state index contributed by atoms with van der Waals surface area (Å²) >= 11 is 0. The standard InChI is InChI=1S/C11H14N2/c1-2-9(11-7-13-11)5-10-6-12-4-3-8(1)10/h1-2,5,11-13H,3-4,6-7H2. The SMILES string of the molecule is c1cc2c(cc1C1CN1)CNCC2. The summed E-state index contributed by atoms with van der Waals surface area (Å²) in [5.74, 6) is 0. The van der Waals surface area contributed by atoms with Gasteiger partial charge in [0, 0.05) is 19.1 Å². The number of fused-ring (bicyclic) bond motifs is 1. The van der Waals surface area contributed by atoms with Gasteiger partial charge in [-0.15, -0.1) is 0 Å². The van der Waals surface area contributed by atoms with Crippen LogP contribution in [-0.4, -0.2) is 13.1 Å². The number of hydrogen-bond acceptors (Lipinski definition) is 2. The Bertz CT molecular complexity index is 329. The van der Waals surface area contributed by atoms with E-state index in [1.165, 1.54) is 23.1 Å². The Morgan fingerprint density at radius 1 is 1.23 bits per heavy atom. The molecule has 13 heavy (non-hydrogen) atoms. The van der Waals surface area contributed by atoms with E-state index in [4.69, 9.17) is 0 Å². The van der Waals surface area contributed by atoms with Gasteiger partial charge in [-0.3, -0.25) is 0 Å². The van der Waals surface area contributed by atoms with Crippen LogP contribution in [-0.2, 0) is 13.0 Å². The minimum absolute atomic E-state index is 0.646. The van der Waals surface area contributed by atoms with E-state index in [1.54, 1.807) is 0 Å². The quantitative estimate of drug-likeness (QED) is 0.622. The van der Waals surface area contributed by atoms with Crippen molar-refractivity contribution < 1.29 is 0 Å². The number of hydrogen-bond donors (Lipinski definition) is 2. The third-order valence-corrected chi connectivity index (χ3v) is 2.93. The molecule has 1 aromatic carbocycles. The Balaban J connectivity index is 1.98. The van der Waals surface area contributed by atoms with Gasteiger partial charge in [-0.25, -0.2) is 0 Å². The molecule has 2 aliphatic heterocycles. The molecule has 1 unspecified atom stereocenters. The molecule has 68 valence electrons. The van der Waals surface area contributed by atoms with Crippen molar-refractivity contribution in [2.45, 2.75) is 19.0 Å². The lowest BCUT2D eigenvalue weighted by atomic mass is 9.97. The normalized spacial score (nSPS) is 25.4. The first kappa shape index (κ1) is 7.54. The highest BCUT2D eigenvalue weighted by molar-refractivity contribution is 5.36. The maximum Gasteiger partial charge on any atom is 0.0447 e. The Kier molecular flexibility index (Phi) is 1.64. The molecule has 0 aliphatic carbocycles. The third-order valence-electron chi connectivity index (χ3n) is 2.93. The van der Waals surface area contributed by atoms with Gasteiger partial charge in [-0.2, -0.15) is 0 Å². The molecule has 2 heteroatoms. The van der Waals surface area contributed by atoms with Crippen molar-refractivity contribution in [3.8, 4) is 0 Å². The summed E-state index contributed by atoms with van der Waals surface area (Å²) in [5, 5.41) is 6.74. The molecule has 2 aliphatic rings. The molecule has 1 fully saturated rings. The summed E-state index contributed by atoms with van der Waals surface area (Å²) in [6.45, 7) is 3.34. The van der Waals surface area contributed by atoms with Gasteiger partial charge < -0.3 is 10.6 Å². The highest BCUT2D eigenvalue weighted by Crippen LogP contribution is 2.25. The molecule has 0 amide bonds. The molecule has 2 nitrogen and oxygen atoms in total. The van der Waals surface area contributed by atoms with Crippen molar-refractivity contribution in [2.75, 3.05) is 13.1 Å². The summed E-state index contributed by atoms with van der Waals surface area (Å²) in [7, 11) is 0. The first-order chi connectivity index (χ1) is 6.43. The lowest BCUT2D eigenvalue weighted by Crippen LogP contribution is -2.23. The van der Waals surface area contributed by atoms with E-state index in [2.05, 4.69) is 28.8 Å². The first-order valence-corrected chi connectivity index (χ1v) is 4.99. The summed E-state index contributed by atoms with van der Waals surface area (Å²) in [5.41, 5.74) is 4.49. The molecule has 2 heterocycles. The van der Waals surface area contributed by atoms with Crippen molar-refractivity contribution >= 4 is 0 Å². The van der Waals surface area contributed by atoms with Gasteiger partial charge in [0.15, 0.2) is 0 Å². The topological polar surface area (TPSA) is 34.0 Å². The Morgan fingerprint density at radius 3 is 3.00 bits per heavy atom. The van der Waals surface area contributed by atoms with Gasteiger partial charge in [-0.05, 0) is 29.7 Å². The van der Waals surface area contributed by atoms with E-state index in [9.17, 15) is 0 Å². The van der Waals surface area contributed by atoms with Crippen LogP contribution in [0.3, 0.4) is 0 Å². The zero-order valence-electron chi connectivity index (χ0n) is 7.64. The second-order valence-corrected chi connectivity index (χ2v) is 3.92. The maximum absolute atomic E-state index is 3.41. The molecular weight excluding hydrogens is 160 g/mol. The average molecular weight is 174 g/mol. The fourth-order valence-corrected chi connectivity index (χ4v) is 2.01. The van der Waals surface area contributed by atoms with Crippen LogP contribution >= 0.6 is 0 Å². The fraction of sp³-hybridized carbons (Fsp3) is 0.455. The summed E-state index contributed by atoms with van der Waals surface area (Å²) in [6, 6.07) is 7.57. The van der Waals surface area contributed by atoms with E-state index in [0.29, 0.717) is 6.04 Å². The van der Waals surface area contributed by atoms with Crippen molar-refractivity contribution in [3.05, 3.63) is 34.9 Å². The van der Waals surface area contributed by atoms with E-state index >= 15 is 0 Å². The zero-order chi connectivity index (χ0) is 8.67.